The largest absolute Gasteiger partial charge is 0.493 e. The van der Waals surface area contributed by atoms with Crippen molar-refractivity contribution in [1.29, 1.82) is 0 Å². The van der Waals surface area contributed by atoms with Crippen molar-refractivity contribution in [2.24, 2.45) is 7.05 Å². The standard InChI is InChI=1S/C17H23N3O3/c1-12-14(13(2)20(3)19-12)9-10-18-17(21)11-23-16-8-6-5-7-15(16)22-4/h5-8H,9-11H2,1-4H3,(H,18,21). The lowest BCUT2D eigenvalue weighted by Gasteiger charge is -2.10. The molecule has 0 spiro atoms. The molecule has 0 aliphatic rings. The van der Waals surface area contributed by atoms with Gasteiger partial charge >= 0.3 is 0 Å². The van der Waals surface area contributed by atoms with Crippen LogP contribution in [0.2, 0.25) is 0 Å². The Labute approximate surface area is 136 Å². The fourth-order valence-electron chi connectivity index (χ4n) is 2.44. The van der Waals surface area contributed by atoms with E-state index in [1.165, 1.54) is 5.56 Å². The number of amides is 1. The number of aryl methyl sites for hydroxylation is 2. The first kappa shape index (κ1) is 16.9. The Balaban J connectivity index is 1.79. The molecule has 0 aliphatic carbocycles. The first-order chi connectivity index (χ1) is 11.0. The summed E-state index contributed by atoms with van der Waals surface area (Å²) in [7, 11) is 3.49. The predicted molar refractivity (Wildman–Crippen MR) is 87.9 cm³/mol. The van der Waals surface area contributed by atoms with Crippen LogP contribution in [0.25, 0.3) is 0 Å². The van der Waals surface area contributed by atoms with Crippen LogP contribution in [-0.2, 0) is 18.3 Å². The van der Waals surface area contributed by atoms with Gasteiger partial charge in [-0.05, 0) is 38.0 Å². The second kappa shape index (κ2) is 7.67. The highest BCUT2D eigenvalue weighted by Gasteiger charge is 2.10. The van der Waals surface area contributed by atoms with E-state index >= 15 is 0 Å². The first-order valence-electron chi connectivity index (χ1n) is 7.54. The van der Waals surface area contributed by atoms with Crippen molar-refractivity contribution in [2.75, 3.05) is 20.3 Å². The molecule has 124 valence electrons. The number of para-hydroxylation sites is 2. The van der Waals surface area contributed by atoms with Crippen molar-refractivity contribution in [3.05, 3.63) is 41.2 Å². The van der Waals surface area contributed by atoms with Gasteiger partial charge in [-0.3, -0.25) is 9.48 Å². The zero-order chi connectivity index (χ0) is 16.8. The minimum atomic E-state index is -0.157. The van der Waals surface area contributed by atoms with Crippen molar-refractivity contribution >= 4 is 5.91 Å². The van der Waals surface area contributed by atoms with E-state index in [0.29, 0.717) is 18.0 Å². The highest BCUT2D eigenvalue weighted by atomic mass is 16.5. The number of hydrogen-bond acceptors (Lipinski definition) is 4. The predicted octanol–water partition coefficient (Wildman–Crippen LogP) is 1.78. The maximum atomic E-state index is 11.9. The van der Waals surface area contributed by atoms with Gasteiger partial charge in [-0.1, -0.05) is 12.1 Å². The summed E-state index contributed by atoms with van der Waals surface area (Å²) in [5.74, 6) is 1.01. The average Bonchev–Trinajstić information content (AvgIpc) is 2.79. The summed E-state index contributed by atoms with van der Waals surface area (Å²) in [6, 6.07) is 7.25. The van der Waals surface area contributed by atoms with Gasteiger partial charge in [0.15, 0.2) is 18.1 Å². The van der Waals surface area contributed by atoms with Crippen LogP contribution >= 0.6 is 0 Å². The molecule has 2 aromatic rings. The molecular formula is C17H23N3O3. The van der Waals surface area contributed by atoms with Crippen LogP contribution in [0.5, 0.6) is 11.5 Å². The molecule has 0 radical (unpaired) electrons. The van der Waals surface area contributed by atoms with Crippen LogP contribution in [0, 0.1) is 13.8 Å². The van der Waals surface area contributed by atoms with Gasteiger partial charge in [-0.15, -0.1) is 0 Å². The van der Waals surface area contributed by atoms with Gasteiger partial charge < -0.3 is 14.8 Å². The zero-order valence-corrected chi connectivity index (χ0v) is 14.0. The Morgan fingerprint density at radius 3 is 2.57 bits per heavy atom. The molecule has 6 heteroatoms. The van der Waals surface area contributed by atoms with Crippen LogP contribution in [0.3, 0.4) is 0 Å². The topological polar surface area (TPSA) is 65.4 Å². The molecule has 23 heavy (non-hydrogen) atoms. The van der Waals surface area contributed by atoms with Gasteiger partial charge in [-0.25, -0.2) is 0 Å². The number of ether oxygens (including phenoxy) is 2. The van der Waals surface area contributed by atoms with E-state index < -0.39 is 0 Å². The molecule has 6 nitrogen and oxygen atoms in total. The third-order valence-electron chi connectivity index (χ3n) is 3.78. The second-order valence-electron chi connectivity index (χ2n) is 5.31. The molecule has 0 saturated heterocycles. The number of rotatable bonds is 7. The normalized spacial score (nSPS) is 10.4. The van der Waals surface area contributed by atoms with E-state index in [1.807, 2.05) is 37.7 Å². The maximum absolute atomic E-state index is 11.9. The van der Waals surface area contributed by atoms with Crippen LogP contribution < -0.4 is 14.8 Å². The molecule has 1 aromatic heterocycles. The molecule has 0 saturated carbocycles. The number of nitrogens with one attached hydrogen (secondary N) is 1. The Morgan fingerprint density at radius 1 is 1.26 bits per heavy atom. The number of nitrogens with zero attached hydrogens (tertiary/aromatic N) is 2. The van der Waals surface area contributed by atoms with Crippen molar-refractivity contribution in [3.8, 4) is 11.5 Å². The number of carbonyl (C=O) groups excluding carboxylic acids is 1. The number of aromatic nitrogens is 2. The fraction of sp³-hybridized carbons (Fsp3) is 0.412. The van der Waals surface area contributed by atoms with Crippen molar-refractivity contribution in [3.63, 3.8) is 0 Å². The summed E-state index contributed by atoms with van der Waals surface area (Å²) in [4.78, 5) is 11.9. The van der Waals surface area contributed by atoms with E-state index in [9.17, 15) is 4.79 Å². The Bertz CT molecular complexity index is 680. The Hall–Kier alpha value is -2.50. The number of carbonyl (C=O) groups is 1. The van der Waals surface area contributed by atoms with E-state index in [0.717, 1.165) is 17.8 Å². The molecule has 0 fully saturated rings. The maximum Gasteiger partial charge on any atom is 0.257 e. The van der Waals surface area contributed by atoms with Crippen LogP contribution in [0.15, 0.2) is 24.3 Å². The van der Waals surface area contributed by atoms with Gasteiger partial charge in [-0.2, -0.15) is 5.10 Å². The molecule has 0 atom stereocenters. The third-order valence-corrected chi connectivity index (χ3v) is 3.78. The second-order valence-corrected chi connectivity index (χ2v) is 5.31. The summed E-state index contributed by atoms with van der Waals surface area (Å²) in [5, 5.41) is 7.23. The summed E-state index contributed by atoms with van der Waals surface area (Å²) < 4.78 is 12.5. The Kier molecular flexibility index (Phi) is 5.62. The minimum absolute atomic E-state index is 0.0363. The monoisotopic (exact) mass is 317 g/mol. The molecular weight excluding hydrogens is 294 g/mol. The molecule has 2 rings (SSSR count). The van der Waals surface area contributed by atoms with Crippen LogP contribution in [0.4, 0.5) is 0 Å². The van der Waals surface area contributed by atoms with Crippen LogP contribution in [-0.4, -0.2) is 35.9 Å². The first-order valence-corrected chi connectivity index (χ1v) is 7.54. The number of benzene rings is 1. The quantitative estimate of drug-likeness (QED) is 0.845. The summed E-state index contributed by atoms with van der Waals surface area (Å²) in [6.07, 6.45) is 0.756. The molecule has 1 N–H and O–H groups in total. The van der Waals surface area contributed by atoms with Gasteiger partial charge in [0.05, 0.1) is 12.8 Å². The summed E-state index contributed by atoms with van der Waals surface area (Å²) in [5.41, 5.74) is 3.31. The lowest BCUT2D eigenvalue weighted by molar-refractivity contribution is -0.123. The highest BCUT2D eigenvalue weighted by Crippen LogP contribution is 2.25. The summed E-state index contributed by atoms with van der Waals surface area (Å²) in [6.45, 7) is 4.53. The minimum Gasteiger partial charge on any atom is -0.493 e. The number of methoxy groups -OCH3 is 1. The van der Waals surface area contributed by atoms with Crippen molar-refractivity contribution < 1.29 is 14.3 Å². The molecule has 1 aromatic carbocycles. The van der Waals surface area contributed by atoms with E-state index in [4.69, 9.17) is 9.47 Å². The van der Waals surface area contributed by atoms with E-state index in [-0.39, 0.29) is 12.5 Å². The molecule has 1 amide bonds. The third kappa shape index (κ3) is 4.25. The van der Waals surface area contributed by atoms with Gasteiger partial charge in [0.25, 0.3) is 5.91 Å². The smallest absolute Gasteiger partial charge is 0.257 e. The lowest BCUT2D eigenvalue weighted by atomic mass is 10.1. The van der Waals surface area contributed by atoms with E-state index in [2.05, 4.69) is 10.4 Å². The molecule has 0 aliphatic heterocycles. The SMILES string of the molecule is COc1ccccc1OCC(=O)NCCc1c(C)nn(C)c1C. The molecule has 0 unspecified atom stereocenters. The number of hydrogen-bond donors (Lipinski definition) is 1. The zero-order valence-electron chi connectivity index (χ0n) is 14.0. The van der Waals surface area contributed by atoms with Crippen LogP contribution in [0.1, 0.15) is 17.0 Å². The van der Waals surface area contributed by atoms with E-state index in [1.54, 1.807) is 19.2 Å². The summed E-state index contributed by atoms with van der Waals surface area (Å²) >= 11 is 0. The average molecular weight is 317 g/mol. The highest BCUT2D eigenvalue weighted by molar-refractivity contribution is 5.77. The molecule has 1 heterocycles. The van der Waals surface area contributed by atoms with Gasteiger partial charge in [0, 0.05) is 19.3 Å². The Morgan fingerprint density at radius 2 is 1.96 bits per heavy atom. The van der Waals surface area contributed by atoms with Crippen molar-refractivity contribution in [2.45, 2.75) is 20.3 Å². The van der Waals surface area contributed by atoms with Crippen molar-refractivity contribution in [1.82, 2.24) is 15.1 Å². The molecule has 0 bridgehead atoms. The van der Waals surface area contributed by atoms with Gasteiger partial charge in [0.1, 0.15) is 0 Å². The van der Waals surface area contributed by atoms with Gasteiger partial charge in [0.2, 0.25) is 0 Å². The fourth-order valence-corrected chi connectivity index (χ4v) is 2.44. The lowest BCUT2D eigenvalue weighted by Crippen LogP contribution is -2.30.